The third-order valence-electron chi connectivity index (χ3n) is 2.85. The average Bonchev–Trinajstić information content (AvgIpc) is 2.38. The molecule has 4 nitrogen and oxygen atoms in total. The van der Waals surface area contributed by atoms with Crippen molar-refractivity contribution in [1.82, 2.24) is 0 Å². The lowest BCUT2D eigenvalue weighted by Gasteiger charge is -2.15. The first-order chi connectivity index (χ1) is 8.74. The zero-order valence-corrected chi connectivity index (χ0v) is 12.1. The SMILES string of the molecule is CCCCCCC(=O)OCC(CCOC)COC. The van der Waals surface area contributed by atoms with Crippen molar-refractivity contribution in [3.05, 3.63) is 0 Å². The van der Waals surface area contributed by atoms with Gasteiger partial charge >= 0.3 is 5.97 Å². The number of unbranched alkanes of at least 4 members (excludes halogenated alkanes) is 3. The summed E-state index contributed by atoms with van der Waals surface area (Å²) < 4.78 is 15.4. The molecule has 0 spiro atoms. The van der Waals surface area contributed by atoms with Gasteiger partial charge in [0.1, 0.15) is 0 Å². The lowest BCUT2D eigenvalue weighted by atomic mass is 10.1. The lowest BCUT2D eigenvalue weighted by molar-refractivity contribution is -0.145. The molecular formula is C14H28O4. The summed E-state index contributed by atoms with van der Waals surface area (Å²) in [7, 11) is 3.33. The Morgan fingerprint density at radius 1 is 1.06 bits per heavy atom. The molecule has 1 unspecified atom stereocenters. The summed E-state index contributed by atoms with van der Waals surface area (Å²) in [6.07, 6.45) is 5.79. The number of carbonyl (C=O) groups is 1. The highest BCUT2D eigenvalue weighted by Gasteiger charge is 2.11. The molecule has 0 heterocycles. The zero-order valence-electron chi connectivity index (χ0n) is 12.1. The first-order valence-electron chi connectivity index (χ1n) is 6.88. The van der Waals surface area contributed by atoms with Gasteiger partial charge in [0, 0.05) is 33.2 Å². The standard InChI is InChI=1S/C14H28O4/c1-4-5-6-7-8-14(15)18-12-13(11-17-3)9-10-16-2/h13H,4-12H2,1-3H3. The molecule has 1 atom stereocenters. The van der Waals surface area contributed by atoms with Crippen LogP contribution in [0.1, 0.15) is 45.4 Å². The van der Waals surface area contributed by atoms with Crippen molar-refractivity contribution in [2.75, 3.05) is 34.0 Å². The maximum Gasteiger partial charge on any atom is 0.305 e. The van der Waals surface area contributed by atoms with Gasteiger partial charge in [0.2, 0.25) is 0 Å². The molecule has 0 aliphatic rings. The van der Waals surface area contributed by atoms with E-state index in [1.165, 1.54) is 12.8 Å². The van der Waals surface area contributed by atoms with Crippen LogP contribution in [0, 0.1) is 5.92 Å². The molecule has 18 heavy (non-hydrogen) atoms. The van der Waals surface area contributed by atoms with Crippen LogP contribution in [0.4, 0.5) is 0 Å². The summed E-state index contributed by atoms with van der Waals surface area (Å²) in [6.45, 7) is 3.86. The van der Waals surface area contributed by atoms with Crippen LogP contribution in [0.25, 0.3) is 0 Å². The normalized spacial score (nSPS) is 12.4. The van der Waals surface area contributed by atoms with E-state index in [-0.39, 0.29) is 11.9 Å². The second-order valence-corrected chi connectivity index (χ2v) is 4.60. The van der Waals surface area contributed by atoms with Crippen LogP contribution in [-0.2, 0) is 19.0 Å². The van der Waals surface area contributed by atoms with E-state index in [4.69, 9.17) is 14.2 Å². The summed E-state index contributed by atoms with van der Waals surface area (Å²) in [5, 5.41) is 0. The Bertz CT molecular complexity index is 194. The minimum atomic E-state index is -0.0929. The van der Waals surface area contributed by atoms with Crippen molar-refractivity contribution in [3.8, 4) is 0 Å². The number of carbonyl (C=O) groups excluding carboxylic acids is 1. The summed E-state index contributed by atoms with van der Waals surface area (Å²) in [5.41, 5.74) is 0. The summed E-state index contributed by atoms with van der Waals surface area (Å²) in [5.74, 6) is 0.138. The maximum atomic E-state index is 11.5. The topological polar surface area (TPSA) is 44.8 Å². The van der Waals surface area contributed by atoms with E-state index in [9.17, 15) is 4.79 Å². The summed E-state index contributed by atoms with van der Waals surface area (Å²) in [6, 6.07) is 0. The average molecular weight is 260 g/mol. The largest absolute Gasteiger partial charge is 0.465 e. The second-order valence-electron chi connectivity index (χ2n) is 4.60. The van der Waals surface area contributed by atoms with Gasteiger partial charge in [0.25, 0.3) is 0 Å². The van der Waals surface area contributed by atoms with Crippen LogP contribution < -0.4 is 0 Å². The molecule has 0 fully saturated rings. The van der Waals surface area contributed by atoms with Gasteiger partial charge in [-0.1, -0.05) is 26.2 Å². The molecule has 0 saturated carbocycles. The highest BCUT2D eigenvalue weighted by Crippen LogP contribution is 2.08. The molecule has 0 aromatic heterocycles. The zero-order chi connectivity index (χ0) is 13.6. The van der Waals surface area contributed by atoms with E-state index in [0.29, 0.717) is 26.2 Å². The molecule has 0 rings (SSSR count). The van der Waals surface area contributed by atoms with Gasteiger partial charge in [-0.25, -0.2) is 0 Å². The lowest BCUT2D eigenvalue weighted by Crippen LogP contribution is -2.19. The van der Waals surface area contributed by atoms with Crippen molar-refractivity contribution >= 4 is 5.97 Å². The van der Waals surface area contributed by atoms with Crippen LogP contribution in [0.5, 0.6) is 0 Å². The summed E-state index contributed by atoms with van der Waals surface area (Å²) in [4.78, 5) is 11.5. The van der Waals surface area contributed by atoms with Gasteiger partial charge in [-0.3, -0.25) is 4.79 Å². The van der Waals surface area contributed by atoms with E-state index in [1.807, 2.05) is 0 Å². The van der Waals surface area contributed by atoms with Crippen molar-refractivity contribution in [3.63, 3.8) is 0 Å². The van der Waals surface area contributed by atoms with E-state index >= 15 is 0 Å². The Morgan fingerprint density at radius 3 is 2.44 bits per heavy atom. The monoisotopic (exact) mass is 260 g/mol. The molecule has 0 radical (unpaired) electrons. The van der Waals surface area contributed by atoms with Gasteiger partial charge in [0.15, 0.2) is 0 Å². The number of hydrogen-bond acceptors (Lipinski definition) is 4. The Hall–Kier alpha value is -0.610. The molecule has 0 amide bonds. The fraction of sp³-hybridized carbons (Fsp3) is 0.929. The van der Waals surface area contributed by atoms with Crippen LogP contribution in [0.15, 0.2) is 0 Å². The summed E-state index contributed by atoms with van der Waals surface area (Å²) >= 11 is 0. The van der Waals surface area contributed by atoms with Crippen LogP contribution in [0.3, 0.4) is 0 Å². The second kappa shape index (κ2) is 12.8. The molecule has 0 saturated heterocycles. The van der Waals surface area contributed by atoms with Crippen LogP contribution in [0.2, 0.25) is 0 Å². The predicted octanol–water partition coefficient (Wildman–Crippen LogP) is 2.80. The predicted molar refractivity (Wildman–Crippen MR) is 71.6 cm³/mol. The van der Waals surface area contributed by atoms with Gasteiger partial charge < -0.3 is 14.2 Å². The highest BCUT2D eigenvalue weighted by atomic mass is 16.5. The molecule has 0 aliphatic heterocycles. The number of esters is 1. The van der Waals surface area contributed by atoms with Gasteiger partial charge in [-0.15, -0.1) is 0 Å². The quantitative estimate of drug-likeness (QED) is 0.400. The molecule has 0 N–H and O–H groups in total. The van der Waals surface area contributed by atoms with Crippen LogP contribution in [-0.4, -0.2) is 40.0 Å². The van der Waals surface area contributed by atoms with Crippen molar-refractivity contribution in [1.29, 1.82) is 0 Å². The van der Waals surface area contributed by atoms with E-state index in [0.717, 1.165) is 19.3 Å². The van der Waals surface area contributed by atoms with Gasteiger partial charge in [-0.05, 0) is 12.8 Å². The smallest absolute Gasteiger partial charge is 0.305 e. The molecular weight excluding hydrogens is 232 g/mol. The van der Waals surface area contributed by atoms with E-state index < -0.39 is 0 Å². The Kier molecular flexibility index (Phi) is 12.4. The minimum absolute atomic E-state index is 0.0929. The van der Waals surface area contributed by atoms with Gasteiger partial charge in [0.05, 0.1) is 13.2 Å². The molecule has 0 bridgehead atoms. The minimum Gasteiger partial charge on any atom is -0.465 e. The van der Waals surface area contributed by atoms with Crippen molar-refractivity contribution < 1.29 is 19.0 Å². The first kappa shape index (κ1) is 17.4. The molecule has 108 valence electrons. The number of hydrogen-bond donors (Lipinski definition) is 0. The number of methoxy groups -OCH3 is 2. The Labute approximate surface area is 111 Å². The molecule has 4 heteroatoms. The fourth-order valence-corrected chi connectivity index (χ4v) is 1.71. The number of ether oxygens (including phenoxy) is 3. The van der Waals surface area contributed by atoms with E-state index in [2.05, 4.69) is 6.92 Å². The Morgan fingerprint density at radius 2 is 1.83 bits per heavy atom. The van der Waals surface area contributed by atoms with Crippen LogP contribution >= 0.6 is 0 Å². The van der Waals surface area contributed by atoms with E-state index in [1.54, 1.807) is 14.2 Å². The third-order valence-corrected chi connectivity index (χ3v) is 2.85. The molecule has 0 aromatic carbocycles. The first-order valence-corrected chi connectivity index (χ1v) is 6.88. The maximum absolute atomic E-state index is 11.5. The van der Waals surface area contributed by atoms with Crippen molar-refractivity contribution in [2.45, 2.75) is 45.4 Å². The Balaban J connectivity index is 3.63. The number of rotatable bonds is 12. The fourth-order valence-electron chi connectivity index (χ4n) is 1.71. The molecule has 0 aliphatic carbocycles. The van der Waals surface area contributed by atoms with Gasteiger partial charge in [-0.2, -0.15) is 0 Å². The van der Waals surface area contributed by atoms with Crippen molar-refractivity contribution in [2.24, 2.45) is 5.92 Å². The highest BCUT2D eigenvalue weighted by molar-refractivity contribution is 5.69. The molecule has 0 aromatic rings. The third kappa shape index (κ3) is 10.5.